The average molecular weight is 384 g/mol. The van der Waals surface area contributed by atoms with E-state index < -0.39 is 0 Å². The van der Waals surface area contributed by atoms with Crippen molar-refractivity contribution in [2.45, 2.75) is 72.4 Å². The van der Waals surface area contributed by atoms with Crippen LogP contribution in [-0.4, -0.2) is 35.6 Å². The van der Waals surface area contributed by atoms with E-state index in [1.807, 2.05) is 11.8 Å². The van der Waals surface area contributed by atoms with Gasteiger partial charge in [-0.3, -0.25) is 0 Å². The lowest BCUT2D eigenvalue weighted by Crippen LogP contribution is -2.40. The standard InChI is InChI=1S/C21H37NOS2/c1-17(2)8-6-9-18(3)10-7-11-19(4)12-13-25-16-20(5)22-21(14-23)15-24/h8,10,12,14,20-22,24H,6-7,9,11,13,15-16H2,1-5H3/b18-10+,19-12+/t20?,21-/m1/s1. The number of hydrogen-bond donors (Lipinski definition) is 2. The molecule has 0 radical (unpaired) electrons. The molecule has 0 aromatic carbocycles. The van der Waals surface area contributed by atoms with Crippen LogP contribution in [0.1, 0.15) is 60.3 Å². The first-order chi connectivity index (χ1) is 11.9. The van der Waals surface area contributed by atoms with Gasteiger partial charge in [-0.1, -0.05) is 34.9 Å². The summed E-state index contributed by atoms with van der Waals surface area (Å²) in [4.78, 5) is 10.8. The van der Waals surface area contributed by atoms with Crippen molar-refractivity contribution < 1.29 is 4.79 Å². The molecule has 0 fully saturated rings. The first-order valence-electron chi connectivity index (χ1n) is 9.23. The zero-order valence-electron chi connectivity index (χ0n) is 16.7. The minimum Gasteiger partial charge on any atom is -0.304 e. The van der Waals surface area contributed by atoms with Crippen LogP contribution < -0.4 is 5.32 Å². The summed E-state index contributed by atoms with van der Waals surface area (Å²) < 4.78 is 0. The third kappa shape index (κ3) is 15.5. The Kier molecular flexibility index (Phi) is 15.5. The Morgan fingerprint density at radius 2 is 1.64 bits per heavy atom. The number of aldehydes is 1. The number of thiol groups is 1. The van der Waals surface area contributed by atoms with Gasteiger partial charge in [0.1, 0.15) is 6.29 Å². The highest BCUT2D eigenvalue weighted by atomic mass is 32.2. The number of allylic oxidation sites excluding steroid dienone is 5. The van der Waals surface area contributed by atoms with Gasteiger partial charge in [-0.05, 0) is 60.3 Å². The molecule has 144 valence electrons. The summed E-state index contributed by atoms with van der Waals surface area (Å²) in [5.74, 6) is 2.60. The van der Waals surface area contributed by atoms with Crippen LogP contribution in [0.5, 0.6) is 0 Å². The van der Waals surface area contributed by atoms with Crippen LogP contribution in [0.2, 0.25) is 0 Å². The number of hydrogen-bond acceptors (Lipinski definition) is 4. The average Bonchev–Trinajstić information content (AvgIpc) is 2.56. The van der Waals surface area contributed by atoms with Gasteiger partial charge in [0.05, 0.1) is 6.04 Å². The lowest BCUT2D eigenvalue weighted by atomic mass is 10.1. The molecule has 0 aromatic heterocycles. The molecule has 0 heterocycles. The van der Waals surface area contributed by atoms with E-state index in [9.17, 15) is 4.79 Å². The Balaban J connectivity index is 3.91. The quantitative estimate of drug-likeness (QED) is 0.177. The van der Waals surface area contributed by atoms with Gasteiger partial charge in [0.2, 0.25) is 0 Å². The highest BCUT2D eigenvalue weighted by molar-refractivity contribution is 7.99. The maximum absolute atomic E-state index is 10.8. The van der Waals surface area contributed by atoms with Gasteiger partial charge in [-0.15, -0.1) is 0 Å². The lowest BCUT2D eigenvalue weighted by Gasteiger charge is -2.16. The maximum Gasteiger partial charge on any atom is 0.137 e. The molecule has 2 nitrogen and oxygen atoms in total. The predicted octanol–water partition coefficient (Wildman–Crippen LogP) is 5.61. The minimum absolute atomic E-state index is 0.136. The van der Waals surface area contributed by atoms with Gasteiger partial charge in [0, 0.05) is 23.3 Å². The largest absolute Gasteiger partial charge is 0.304 e. The van der Waals surface area contributed by atoms with Gasteiger partial charge in [-0.2, -0.15) is 24.4 Å². The van der Waals surface area contributed by atoms with Gasteiger partial charge in [0.25, 0.3) is 0 Å². The van der Waals surface area contributed by atoms with Crippen molar-refractivity contribution in [1.29, 1.82) is 0 Å². The van der Waals surface area contributed by atoms with Crippen LogP contribution >= 0.6 is 24.4 Å². The van der Waals surface area contributed by atoms with Crippen LogP contribution in [-0.2, 0) is 4.79 Å². The van der Waals surface area contributed by atoms with Crippen molar-refractivity contribution in [3.05, 3.63) is 34.9 Å². The number of rotatable bonds is 14. The topological polar surface area (TPSA) is 29.1 Å². The van der Waals surface area contributed by atoms with E-state index in [4.69, 9.17) is 0 Å². The fraction of sp³-hybridized carbons (Fsp3) is 0.667. The molecule has 2 atom stereocenters. The lowest BCUT2D eigenvalue weighted by molar-refractivity contribution is -0.109. The third-order valence-corrected chi connectivity index (χ3v) is 5.43. The summed E-state index contributed by atoms with van der Waals surface area (Å²) in [6, 6.07) is 0.190. The van der Waals surface area contributed by atoms with E-state index in [0.717, 1.165) is 37.1 Å². The summed E-state index contributed by atoms with van der Waals surface area (Å²) in [6.45, 7) is 10.9. The van der Waals surface area contributed by atoms with Crippen LogP contribution in [0.4, 0.5) is 0 Å². The molecule has 0 saturated carbocycles. The van der Waals surface area contributed by atoms with Crippen molar-refractivity contribution in [1.82, 2.24) is 5.32 Å². The second-order valence-electron chi connectivity index (χ2n) is 6.99. The van der Waals surface area contributed by atoms with Crippen LogP contribution in [0.25, 0.3) is 0 Å². The molecule has 1 N–H and O–H groups in total. The normalized spacial score (nSPS) is 15.0. The molecule has 0 amide bonds. The van der Waals surface area contributed by atoms with Crippen molar-refractivity contribution >= 4 is 30.7 Å². The van der Waals surface area contributed by atoms with E-state index in [1.54, 1.807) is 0 Å². The molecule has 4 heteroatoms. The van der Waals surface area contributed by atoms with E-state index >= 15 is 0 Å². The fourth-order valence-electron chi connectivity index (χ4n) is 2.33. The van der Waals surface area contributed by atoms with Crippen molar-refractivity contribution in [2.75, 3.05) is 17.3 Å². The molecule has 0 bridgehead atoms. The van der Waals surface area contributed by atoms with Crippen LogP contribution in [0.15, 0.2) is 34.9 Å². The van der Waals surface area contributed by atoms with E-state index in [2.05, 4.69) is 70.8 Å². The summed E-state index contributed by atoms with van der Waals surface area (Å²) >= 11 is 6.07. The predicted molar refractivity (Wildman–Crippen MR) is 119 cm³/mol. The second-order valence-corrected chi connectivity index (χ2v) is 8.43. The van der Waals surface area contributed by atoms with Gasteiger partial charge >= 0.3 is 0 Å². The number of carbonyl (C=O) groups excluding carboxylic acids is 1. The minimum atomic E-state index is -0.136. The summed E-state index contributed by atoms with van der Waals surface area (Å²) in [7, 11) is 0. The Morgan fingerprint density at radius 3 is 2.20 bits per heavy atom. The monoisotopic (exact) mass is 383 g/mol. The van der Waals surface area contributed by atoms with Crippen molar-refractivity contribution in [3.63, 3.8) is 0 Å². The molecular formula is C21H37NOS2. The first kappa shape index (κ1) is 24.6. The number of carbonyl (C=O) groups is 1. The van der Waals surface area contributed by atoms with Gasteiger partial charge < -0.3 is 10.1 Å². The molecule has 0 aliphatic heterocycles. The SMILES string of the molecule is CC(C)=CCC/C(C)=C/CC/C(C)=C/CSCC(C)N[C@H](C=O)CS. The molecule has 0 aliphatic carbocycles. The van der Waals surface area contributed by atoms with E-state index in [1.165, 1.54) is 23.1 Å². The molecule has 0 rings (SSSR count). The van der Waals surface area contributed by atoms with Gasteiger partial charge in [0.15, 0.2) is 0 Å². The molecule has 0 spiro atoms. The summed E-state index contributed by atoms with van der Waals surface area (Å²) in [5.41, 5.74) is 4.36. The zero-order valence-corrected chi connectivity index (χ0v) is 18.4. The first-order valence-corrected chi connectivity index (χ1v) is 11.0. The second kappa shape index (κ2) is 15.8. The smallest absolute Gasteiger partial charge is 0.137 e. The maximum atomic E-state index is 10.8. The molecule has 0 aliphatic rings. The zero-order chi connectivity index (χ0) is 19.1. The van der Waals surface area contributed by atoms with Crippen molar-refractivity contribution in [3.8, 4) is 0 Å². The molecule has 25 heavy (non-hydrogen) atoms. The fourth-order valence-corrected chi connectivity index (χ4v) is 3.51. The third-order valence-electron chi connectivity index (χ3n) is 3.90. The Bertz CT molecular complexity index is 451. The Morgan fingerprint density at radius 1 is 1.04 bits per heavy atom. The summed E-state index contributed by atoms with van der Waals surface area (Å²) in [6.07, 6.45) is 12.6. The molecule has 1 unspecified atom stereocenters. The summed E-state index contributed by atoms with van der Waals surface area (Å²) in [5, 5.41) is 3.28. The number of nitrogens with one attached hydrogen (secondary N) is 1. The molecule has 0 aromatic rings. The highest BCUT2D eigenvalue weighted by Gasteiger charge is 2.08. The van der Waals surface area contributed by atoms with Crippen LogP contribution in [0, 0.1) is 0 Å². The van der Waals surface area contributed by atoms with E-state index in [-0.39, 0.29) is 6.04 Å². The Labute approximate surface area is 165 Å². The molecule has 0 saturated heterocycles. The molecular weight excluding hydrogens is 346 g/mol. The van der Waals surface area contributed by atoms with Crippen LogP contribution in [0.3, 0.4) is 0 Å². The Hall–Kier alpha value is -0.450. The number of thioether (sulfide) groups is 1. The van der Waals surface area contributed by atoms with E-state index in [0.29, 0.717) is 11.8 Å². The van der Waals surface area contributed by atoms with Gasteiger partial charge in [-0.25, -0.2) is 0 Å². The highest BCUT2D eigenvalue weighted by Crippen LogP contribution is 2.13. The van der Waals surface area contributed by atoms with Crippen molar-refractivity contribution in [2.24, 2.45) is 0 Å².